The summed E-state index contributed by atoms with van der Waals surface area (Å²) < 4.78 is 7.15. The quantitative estimate of drug-likeness (QED) is 0.817. The molecule has 0 spiro atoms. The number of benzene rings is 1. The second-order valence-corrected chi connectivity index (χ2v) is 4.46. The lowest BCUT2D eigenvalue weighted by molar-refractivity contribution is 0.199. The van der Waals surface area contributed by atoms with Crippen LogP contribution in [0.3, 0.4) is 0 Å². The maximum atomic E-state index is 6.24. The summed E-state index contributed by atoms with van der Waals surface area (Å²) in [6.45, 7) is 5.21. The number of nitrogens with one attached hydrogen (secondary N) is 1. The highest BCUT2D eigenvalue weighted by Crippen LogP contribution is 2.24. The van der Waals surface area contributed by atoms with Gasteiger partial charge in [-0.2, -0.15) is 0 Å². The van der Waals surface area contributed by atoms with Gasteiger partial charge in [-0.15, -0.1) is 0 Å². The van der Waals surface area contributed by atoms with Crippen molar-refractivity contribution in [3.63, 3.8) is 0 Å². The highest BCUT2D eigenvalue weighted by molar-refractivity contribution is 6.35. The summed E-state index contributed by atoms with van der Waals surface area (Å²) in [5.41, 5.74) is 1.97. The summed E-state index contributed by atoms with van der Waals surface area (Å²) in [6, 6.07) is 5.83. The molecule has 1 N–H and O–H groups in total. The number of aromatic nitrogens is 2. The van der Waals surface area contributed by atoms with Gasteiger partial charge in [0.15, 0.2) is 0 Å². The zero-order chi connectivity index (χ0) is 13.0. The fraction of sp³-hybridized carbons (Fsp3) is 0.462. The molecule has 98 valence electrons. The minimum Gasteiger partial charge on any atom is -0.383 e. The number of hydrogen-bond acceptors (Lipinski definition) is 3. The van der Waals surface area contributed by atoms with Crippen molar-refractivity contribution in [2.75, 3.05) is 20.3 Å². The lowest BCUT2D eigenvalue weighted by Crippen LogP contribution is -2.21. The van der Waals surface area contributed by atoms with E-state index in [1.165, 1.54) is 0 Å². The Bertz CT molecular complexity index is 524. The summed E-state index contributed by atoms with van der Waals surface area (Å²) in [4.78, 5) is 4.62. The van der Waals surface area contributed by atoms with Crippen molar-refractivity contribution in [1.29, 1.82) is 0 Å². The molecule has 0 fully saturated rings. The molecule has 1 aromatic carbocycles. The molecule has 2 rings (SSSR count). The van der Waals surface area contributed by atoms with Gasteiger partial charge in [0.2, 0.25) is 0 Å². The number of fused-ring (bicyclic) bond motifs is 1. The lowest BCUT2D eigenvalue weighted by atomic mass is 10.3. The standard InChI is InChI=1S/C13H18ClN3O/c1-3-17-12(9-15-7-8-18-2)16-11-6-4-5-10(14)13(11)17/h4-6,15H,3,7-9H2,1-2H3. The van der Waals surface area contributed by atoms with Gasteiger partial charge in [0, 0.05) is 20.2 Å². The molecule has 4 nitrogen and oxygen atoms in total. The number of halogens is 1. The van der Waals surface area contributed by atoms with E-state index in [-0.39, 0.29) is 0 Å². The number of aryl methyl sites for hydroxylation is 1. The Labute approximate surface area is 112 Å². The third kappa shape index (κ3) is 2.66. The van der Waals surface area contributed by atoms with Crippen molar-refractivity contribution in [3.8, 4) is 0 Å². The molecule has 0 aliphatic carbocycles. The molecule has 0 saturated carbocycles. The Morgan fingerprint density at radius 1 is 1.44 bits per heavy atom. The molecule has 0 saturated heterocycles. The Kier molecular flexibility index (Phi) is 4.58. The molecule has 0 amide bonds. The molecule has 0 radical (unpaired) electrons. The molecular weight excluding hydrogens is 250 g/mol. The first-order valence-corrected chi connectivity index (χ1v) is 6.49. The van der Waals surface area contributed by atoms with Crippen LogP contribution in [-0.2, 0) is 17.8 Å². The van der Waals surface area contributed by atoms with Crippen LogP contribution in [0.2, 0.25) is 5.02 Å². The second kappa shape index (κ2) is 6.18. The third-order valence-electron chi connectivity index (χ3n) is 2.88. The summed E-state index contributed by atoms with van der Waals surface area (Å²) in [5, 5.41) is 4.06. The van der Waals surface area contributed by atoms with Crippen LogP contribution >= 0.6 is 11.6 Å². The average Bonchev–Trinajstić information content (AvgIpc) is 2.73. The Hall–Kier alpha value is -1.10. The maximum Gasteiger partial charge on any atom is 0.123 e. The maximum absolute atomic E-state index is 6.24. The van der Waals surface area contributed by atoms with E-state index in [4.69, 9.17) is 16.3 Å². The highest BCUT2D eigenvalue weighted by Gasteiger charge is 2.11. The predicted molar refractivity (Wildman–Crippen MR) is 74.0 cm³/mol. The summed E-state index contributed by atoms with van der Waals surface area (Å²) in [5.74, 6) is 1.01. The number of nitrogens with zero attached hydrogens (tertiary/aromatic N) is 2. The monoisotopic (exact) mass is 267 g/mol. The fourth-order valence-electron chi connectivity index (χ4n) is 2.04. The summed E-state index contributed by atoms with van der Waals surface area (Å²) in [6.07, 6.45) is 0. The summed E-state index contributed by atoms with van der Waals surface area (Å²) in [7, 11) is 1.70. The number of hydrogen-bond donors (Lipinski definition) is 1. The number of ether oxygens (including phenoxy) is 1. The normalized spacial score (nSPS) is 11.3. The van der Waals surface area contributed by atoms with E-state index in [0.29, 0.717) is 6.61 Å². The SMILES string of the molecule is CCn1c(CNCCOC)nc2cccc(Cl)c21. The molecule has 2 aromatic rings. The molecule has 0 aliphatic heterocycles. The second-order valence-electron chi connectivity index (χ2n) is 4.05. The van der Waals surface area contributed by atoms with E-state index >= 15 is 0 Å². The van der Waals surface area contributed by atoms with E-state index < -0.39 is 0 Å². The van der Waals surface area contributed by atoms with Crippen LogP contribution in [0.15, 0.2) is 18.2 Å². The Balaban J connectivity index is 2.24. The minimum absolute atomic E-state index is 0.701. The smallest absolute Gasteiger partial charge is 0.123 e. The van der Waals surface area contributed by atoms with Crippen molar-refractivity contribution >= 4 is 22.6 Å². The van der Waals surface area contributed by atoms with Crippen LogP contribution in [0.25, 0.3) is 11.0 Å². The van der Waals surface area contributed by atoms with Gasteiger partial charge in [-0.25, -0.2) is 4.98 Å². The highest BCUT2D eigenvalue weighted by atomic mass is 35.5. The number of imidazole rings is 1. The van der Waals surface area contributed by atoms with E-state index in [2.05, 4.69) is 21.8 Å². The first-order chi connectivity index (χ1) is 8.77. The molecule has 0 unspecified atom stereocenters. The van der Waals surface area contributed by atoms with Crippen LogP contribution in [0, 0.1) is 0 Å². The topological polar surface area (TPSA) is 39.1 Å². The third-order valence-corrected chi connectivity index (χ3v) is 3.18. The first-order valence-electron chi connectivity index (χ1n) is 6.11. The van der Waals surface area contributed by atoms with Crippen molar-refractivity contribution < 1.29 is 4.74 Å². The molecule has 0 atom stereocenters. The molecule has 1 heterocycles. The van der Waals surface area contributed by atoms with E-state index in [9.17, 15) is 0 Å². The van der Waals surface area contributed by atoms with Crippen LogP contribution in [-0.4, -0.2) is 29.8 Å². The molecule has 5 heteroatoms. The van der Waals surface area contributed by atoms with Gasteiger partial charge in [-0.3, -0.25) is 0 Å². The van der Waals surface area contributed by atoms with E-state index in [0.717, 1.165) is 41.5 Å². The van der Waals surface area contributed by atoms with Gasteiger partial charge in [-0.1, -0.05) is 17.7 Å². The van der Waals surface area contributed by atoms with E-state index in [1.807, 2.05) is 18.2 Å². The fourth-order valence-corrected chi connectivity index (χ4v) is 2.31. The van der Waals surface area contributed by atoms with Crippen molar-refractivity contribution in [2.24, 2.45) is 0 Å². The van der Waals surface area contributed by atoms with Gasteiger partial charge >= 0.3 is 0 Å². The number of methoxy groups -OCH3 is 1. The Morgan fingerprint density at radius 3 is 3.00 bits per heavy atom. The molecular formula is C13H18ClN3O. The summed E-state index contributed by atoms with van der Waals surface area (Å²) >= 11 is 6.24. The van der Waals surface area contributed by atoms with Crippen molar-refractivity contribution in [3.05, 3.63) is 29.0 Å². The zero-order valence-corrected chi connectivity index (χ0v) is 11.5. The zero-order valence-electron chi connectivity index (χ0n) is 10.7. The number of para-hydroxylation sites is 1. The van der Waals surface area contributed by atoms with Gasteiger partial charge in [0.1, 0.15) is 5.82 Å². The van der Waals surface area contributed by atoms with Gasteiger partial charge < -0.3 is 14.6 Å². The van der Waals surface area contributed by atoms with Gasteiger partial charge in [0.25, 0.3) is 0 Å². The van der Waals surface area contributed by atoms with Crippen LogP contribution in [0.4, 0.5) is 0 Å². The van der Waals surface area contributed by atoms with Crippen LogP contribution in [0.1, 0.15) is 12.7 Å². The van der Waals surface area contributed by atoms with E-state index in [1.54, 1.807) is 7.11 Å². The molecule has 0 bridgehead atoms. The molecule has 1 aromatic heterocycles. The Morgan fingerprint density at radius 2 is 2.28 bits per heavy atom. The molecule has 18 heavy (non-hydrogen) atoms. The number of rotatable bonds is 6. The predicted octanol–water partition coefficient (Wildman–Crippen LogP) is 2.45. The van der Waals surface area contributed by atoms with Gasteiger partial charge in [-0.05, 0) is 19.1 Å². The molecule has 0 aliphatic rings. The van der Waals surface area contributed by atoms with Crippen LogP contribution in [0.5, 0.6) is 0 Å². The lowest BCUT2D eigenvalue weighted by Gasteiger charge is -2.07. The minimum atomic E-state index is 0.701. The van der Waals surface area contributed by atoms with Gasteiger partial charge in [0.05, 0.1) is 29.2 Å². The first kappa shape index (κ1) is 13.3. The van der Waals surface area contributed by atoms with Crippen molar-refractivity contribution in [1.82, 2.24) is 14.9 Å². The largest absolute Gasteiger partial charge is 0.383 e. The van der Waals surface area contributed by atoms with Crippen LogP contribution < -0.4 is 5.32 Å². The van der Waals surface area contributed by atoms with Crippen molar-refractivity contribution in [2.45, 2.75) is 20.0 Å². The average molecular weight is 268 g/mol.